The number of thioether (sulfide) groups is 1. The third-order valence-corrected chi connectivity index (χ3v) is 2.75. The Kier molecular flexibility index (Phi) is 4.17. The summed E-state index contributed by atoms with van der Waals surface area (Å²) in [5, 5.41) is 6.55. The molecular weight excluding hydrogens is 238 g/mol. The summed E-state index contributed by atoms with van der Waals surface area (Å²) >= 11 is 1.43. The van der Waals surface area contributed by atoms with Crippen LogP contribution in [0.25, 0.3) is 0 Å². The molecule has 94 valence electrons. The van der Waals surface area contributed by atoms with E-state index in [-0.39, 0.29) is 0 Å². The van der Waals surface area contributed by atoms with Crippen molar-refractivity contribution in [3.63, 3.8) is 0 Å². The molecule has 0 aliphatic rings. The van der Waals surface area contributed by atoms with Crippen LogP contribution in [0.15, 0.2) is 11.2 Å². The van der Waals surface area contributed by atoms with Gasteiger partial charge in [-0.05, 0) is 20.1 Å². The van der Waals surface area contributed by atoms with Gasteiger partial charge in [-0.25, -0.2) is 9.97 Å². The number of carbonyl (C=O) groups is 1. The number of nitrogens with two attached hydrogens (primary N) is 1. The van der Waals surface area contributed by atoms with Crippen molar-refractivity contribution in [1.82, 2.24) is 9.97 Å². The second-order valence-corrected chi connectivity index (χ2v) is 4.76. The minimum atomic E-state index is -0.852. The maximum atomic E-state index is 11.2. The summed E-state index contributed by atoms with van der Waals surface area (Å²) < 4.78 is 0. The SMILES string of the molecule is CNc1cc(NC(C)(C)C(N)=O)nc(SC)n1. The summed E-state index contributed by atoms with van der Waals surface area (Å²) in [6.45, 7) is 3.41. The average molecular weight is 255 g/mol. The largest absolute Gasteiger partial charge is 0.373 e. The number of primary amides is 1. The summed E-state index contributed by atoms with van der Waals surface area (Å²) in [5.41, 5.74) is 4.44. The first kappa shape index (κ1) is 13.6. The van der Waals surface area contributed by atoms with E-state index in [1.165, 1.54) is 11.8 Å². The molecule has 1 aromatic rings. The Morgan fingerprint density at radius 1 is 1.41 bits per heavy atom. The molecule has 4 N–H and O–H groups in total. The summed E-state index contributed by atoms with van der Waals surface area (Å²) in [4.78, 5) is 19.7. The molecule has 0 saturated heterocycles. The van der Waals surface area contributed by atoms with Crippen LogP contribution in [-0.2, 0) is 4.79 Å². The number of nitrogens with zero attached hydrogens (tertiary/aromatic N) is 2. The van der Waals surface area contributed by atoms with Gasteiger partial charge in [-0.1, -0.05) is 11.8 Å². The van der Waals surface area contributed by atoms with E-state index >= 15 is 0 Å². The Hall–Kier alpha value is -1.50. The second kappa shape index (κ2) is 5.22. The Morgan fingerprint density at radius 2 is 2.00 bits per heavy atom. The number of rotatable bonds is 5. The molecule has 6 nitrogen and oxygen atoms in total. The number of amides is 1. The van der Waals surface area contributed by atoms with Crippen LogP contribution in [0.1, 0.15) is 13.8 Å². The highest BCUT2D eigenvalue weighted by Gasteiger charge is 2.25. The maximum absolute atomic E-state index is 11.2. The molecule has 0 fully saturated rings. The lowest BCUT2D eigenvalue weighted by atomic mass is 10.1. The van der Waals surface area contributed by atoms with E-state index in [9.17, 15) is 4.79 Å². The van der Waals surface area contributed by atoms with Crippen molar-refractivity contribution >= 4 is 29.3 Å². The van der Waals surface area contributed by atoms with E-state index in [2.05, 4.69) is 20.6 Å². The molecule has 0 aliphatic carbocycles. The zero-order valence-electron chi connectivity index (χ0n) is 10.4. The Morgan fingerprint density at radius 3 is 2.47 bits per heavy atom. The first-order chi connectivity index (χ1) is 7.89. The van der Waals surface area contributed by atoms with Crippen molar-refractivity contribution in [3.05, 3.63) is 6.07 Å². The van der Waals surface area contributed by atoms with Crippen LogP contribution >= 0.6 is 11.8 Å². The van der Waals surface area contributed by atoms with Crippen molar-refractivity contribution in [2.45, 2.75) is 24.5 Å². The smallest absolute Gasteiger partial charge is 0.242 e. The van der Waals surface area contributed by atoms with E-state index in [4.69, 9.17) is 5.73 Å². The van der Waals surface area contributed by atoms with Crippen molar-refractivity contribution in [1.29, 1.82) is 0 Å². The number of carbonyl (C=O) groups excluding carboxylic acids is 1. The van der Waals surface area contributed by atoms with E-state index in [1.54, 1.807) is 27.0 Å². The van der Waals surface area contributed by atoms with E-state index in [1.807, 2.05) is 6.26 Å². The summed E-state index contributed by atoms with van der Waals surface area (Å²) in [6.07, 6.45) is 1.89. The first-order valence-corrected chi connectivity index (χ1v) is 6.30. The molecule has 0 atom stereocenters. The predicted octanol–water partition coefficient (Wildman–Crippen LogP) is 0.916. The molecule has 17 heavy (non-hydrogen) atoms. The lowest BCUT2D eigenvalue weighted by Gasteiger charge is -2.23. The fourth-order valence-electron chi connectivity index (χ4n) is 1.09. The fourth-order valence-corrected chi connectivity index (χ4v) is 1.47. The summed E-state index contributed by atoms with van der Waals surface area (Å²) in [7, 11) is 1.77. The van der Waals surface area contributed by atoms with Crippen LogP contribution in [0.2, 0.25) is 0 Å². The molecule has 1 amide bonds. The van der Waals surface area contributed by atoms with Gasteiger partial charge in [-0.3, -0.25) is 4.79 Å². The molecule has 1 aromatic heterocycles. The van der Waals surface area contributed by atoms with Gasteiger partial charge in [-0.15, -0.1) is 0 Å². The third kappa shape index (κ3) is 3.48. The first-order valence-electron chi connectivity index (χ1n) is 5.08. The molecule has 0 aromatic carbocycles. The van der Waals surface area contributed by atoms with Crippen molar-refractivity contribution in [3.8, 4) is 0 Å². The van der Waals surface area contributed by atoms with Crippen molar-refractivity contribution < 1.29 is 4.79 Å². The van der Waals surface area contributed by atoms with E-state index in [0.29, 0.717) is 16.8 Å². The number of anilines is 2. The minimum absolute atomic E-state index is 0.437. The fraction of sp³-hybridized carbons (Fsp3) is 0.500. The molecular formula is C10H17N5OS. The van der Waals surface area contributed by atoms with Gasteiger partial charge >= 0.3 is 0 Å². The molecule has 7 heteroatoms. The monoisotopic (exact) mass is 255 g/mol. The van der Waals surface area contributed by atoms with Crippen LogP contribution in [-0.4, -0.2) is 34.7 Å². The molecule has 0 spiro atoms. The predicted molar refractivity (Wildman–Crippen MR) is 70.3 cm³/mol. The Labute approximate surface area is 105 Å². The minimum Gasteiger partial charge on any atom is -0.373 e. The van der Waals surface area contributed by atoms with Gasteiger partial charge in [0, 0.05) is 13.1 Å². The molecule has 0 aliphatic heterocycles. The molecule has 0 bridgehead atoms. The normalized spacial score (nSPS) is 11.1. The quantitative estimate of drug-likeness (QED) is 0.535. The van der Waals surface area contributed by atoms with Crippen LogP contribution in [0.5, 0.6) is 0 Å². The van der Waals surface area contributed by atoms with Crippen LogP contribution in [0, 0.1) is 0 Å². The van der Waals surface area contributed by atoms with Gasteiger partial charge in [0.1, 0.15) is 17.2 Å². The maximum Gasteiger partial charge on any atom is 0.242 e. The second-order valence-electron chi connectivity index (χ2n) is 3.99. The average Bonchev–Trinajstić information content (AvgIpc) is 2.27. The number of hydrogen-bond acceptors (Lipinski definition) is 6. The van der Waals surface area contributed by atoms with E-state index in [0.717, 1.165) is 0 Å². The molecule has 1 rings (SSSR count). The number of aromatic nitrogens is 2. The standard InChI is InChI=1S/C10H17N5OS/c1-10(2,8(11)16)15-7-5-6(12-3)13-9(14-7)17-4/h5H,1-4H3,(H2,11,16)(H2,12,13,14,15). The van der Waals surface area contributed by atoms with Gasteiger partial charge < -0.3 is 16.4 Å². The molecule has 0 radical (unpaired) electrons. The lowest BCUT2D eigenvalue weighted by molar-refractivity contribution is -0.121. The van der Waals surface area contributed by atoms with Gasteiger partial charge in [0.15, 0.2) is 5.16 Å². The van der Waals surface area contributed by atoms with Crippen molar-refractivity contribution in [2.24, 2.45) is 5.73 Å². The molecule has 1 heterocycles. The van der Waals surface area contributed by atoms with E-state index < -0.39 is 11.4 Å². The number of nitrogens with one attached hydrogen (secondary N) is 2. The zero-order valence-corrected chi connectivity index (χ0v) is 11.2. The van der Waals surface area contributed by atoms with Gasteiger partial charge in [0.05, 0.1) is 0 Å². The third-order valence-electron chi connectivity index (χ3n) is 2.20. The van der Waals surface area contributed by atoms with Gasteiger partial charge in [-0.2, -0.15) is 0 Å². The summed E-state index contributed by atoms with van der Waals surface area (Å²) in [6, 6.07) is 1.73. The topological polar surface area (TPSA) is 92.9 Å². The Balaban J connectivity index is 3.02. The van der Waals surface area contributed by atoms with Crippen LogP contribution < -0.4 is 16.4 Å². The van der Waals surface area contributed by atoms with Crippen LogP contribution in [0.3, 0.4) is 0 Å². The number of hydrogen-bond donors (Lipinski definition) is 3. The highest BCUT2D eigenvalue weighted by molar-refractivity contribution is 7.98. The zero-order chi connectivity index (χ0) is 13.1. The molecule has 0 unspecified atom stereocenters. The van der Waals surface area contributed by atoms with Gasteiger partial charge in [0.25, 0.3) is 0 Å². The highest BCUT2D eigenvalue weighted by atomic mass is 32.2. The Bertz CT molecular complexity index is 399. The van der Waals surface area contributed by atoms with Gasteiger partial charge in [0.2, 0.25) is 5.91 Å². The highest BCUT2D eigenvalue weighted by Crippen LogP contribution is 2.19. The molecule has 0 saturated carbocycles. The van der Waals surface area contributed by atoms with Crippen LogP contribution in [0.4, 0.5) is 11.6 Å². The summed E-state index contributed by atoms with van der Waals surface area (Å²) in [5.74, 6) is 0.817. The lowest BCUT2D eigenvalue weighted by Crippen LogP contribution is -2.45. The van der Waals surface area contributed by atoms with Crippen molar-refractivity contribution in [2.75, 3.05) is 23.9 Å².